The van der Waals surface area contributed by atoms with Crippen LogP contribution in [-0.4, -0.2) is 15.9 Å². The van der Waals surface area contributed by atoms with E-state index in [4.69, 9.17) is 0 Å². The van der Waals surface area contributed by atoms with Crippen LogP contribution in [0.25, 0.3) is 11.4 Å². The molecule has 4 rings (SSSR count). The Bertz CT molecular complexity index is 836. The fourth-order valence-corrected chi connectivity index (χ4v) is 3.35. The van der Waals surface area contributed by atoms with Crippen molar-refractivity contribution >= 4 is 11.6 Å². The van der Waals surface area contributed by atoms with Crippen molar-refractivity contribution in [3.63, 3.8) is 0 Å². The molecule has 1 saturated carbocycles. The van der Waals surface area contributed by atoms with Crippen molar-refractivity contribution in [2.75, 3.05) is 5.32 Å². The minimum Gasteiger partial charge on any atom is -0.345 e. The molecule has 1 aromatic heterocycles. The van der Waals surface area contributed by atoms with Crippen molar-refractivity contribution in [3.05, 3.63) is 72.6 Å². The van der Waals surface area contributed by atoms with Crippen molar-refractivity contribution in [1.29, 1.82) is 0 Å². The summed E-state index contributed by atoms with van der Waals surface area (Å²) in [5.74, 6) is 0.879. The quantitative estimate of drug-likeness (QED) is 0.760. The summed E-state index contributed by atoms with van der Waals surface area (Å²) in [4.78, 5) is 20.3. The first-order valence-electron chi connectivity index (χ1n) is 8.25. The number of benzene rings is 2. The Balaban J connectivity index is 1.59. The van der Waals surface area contributed by atoms with E-state index in [-0.39, 0.29) is 11.3 Å². The summed E-state index contributed by atoms with van der Waals surface area (Å²) in [5.41, 5.74) is 2.48. The van der Waals surface area contributed by atoms with Crippen LogP contribution in [0.2, 0.25) is 0 Å². The number of imidazole rings is 1. The summed E-state index contributed by atoms with van der Waals surface area (Å²) < 4.78 is 0. The summed E-state index contributed by atoms with van der Waals surface area (Å²) in [6.07, 6.45) is 6.41. The number of carbonyl (C=O) groups excluding carboxylic acids is 1. The second-order valence-electron chi connectivity index (χ2n) is 6.27. The highest BCUT2D eigenvalue weighted by Gasteiger charge is 2.45. The standard InChI is InChI=1S/C20H19N3O/c24-19(20(10-5-11-20)16-7-2-1-3-8-16)23-17-9-4-6-15(14-17)18-21-12-13-22-18/h1-4,6-9,12-14H,5,10-11H2,(H,21,22)(H,23,24). The van der Waals surface area contributed by atoms with Gasteiger partial charge in [-0.25, -0.2) is 4.98 Å². The molecule has 0 saturated heterocycles. The highest BCUT2D eigenvalue weighted by molar-refractivity contribution is 6.00. The number of hydrogen-bond acceptors (Lipinski definition) is 2. The SMILES string of the molecule is O=C(Nc1cccc(-c2ncc[nH]2)c1)C1(c2ccccc2)CCC1. The summed E-state index contributed by atoms with van der Waals surface area (Å²) in [7, 11) is 0. The first-order valence-corrected chi connectivity index (χ1v) is 8.25. The zero-order valence-electron chi connectivity index (χ0n) is 13.3. The molecule has 120 valence electrons. The molecule has 2 aromatic carbocycles. The number of carbonyl (C=O) groups is 1. The maximum atomic E-state index is 13.0. The van der Waals surface area contributed by atoms with Gasteiger partial charge in [0.25, 0.3) is 0 Å². The van der Waals surface area contributed by atoms with E-state index in [1.165, 1.54) is 0 Å². The molecule has 1 amide bonds. The van der Waals surface area contributed by atoms with Crippen LogP contribution in [0.4, 0.5) is 5.69 Å². The van der Waals surface area contributed by atoms with Gasteiger partial charge >= 0.3 is 0 Å². The van der Waals surface area contributed by atoms with E-state index >= 15 is 0 Å². The minimum absolute atomic E-state index is 0.0801. The molecule has 0 aliphatic heterocycles. The van der Waals surface area contributed by atoms with Gasteiger partial charge in [-0.2, -0.15) is 0 Å². The molecule has 2 N–H and O–H groups in total. The van der Waals surface area contributed by atoms with Crippen LogP contribution in [0.3, 0.4) is 0 Å². The second kappa shape index (κ2) is 5.96. The zero-order valence-corrected chi connectivity index (χ0v) is 13.3. The molecule has 0 bridgehead atoms. The van der Waals surface area contributed by atoms with Gasteiger partial charge in [0.1, 0.15) is 5.82 Å². The van der Waals surface area contributed by atoms with Gasteiger partial charge in [0.15, 0.2) is 0 Å². The number of nitrogens with zero attached hydrogens (tertiary/aromatic N) is 1. The summed E-state index contributed by atoms with van der Waals surface area (Å²) in [6.45, 7) is 0. The van der Waals surface area contributed by atoms with E-state index in [1.807, 2.05) is 42.5 Å². The van der Waals surface area contributed by atoms with E-state index in [2.05, 4.69) is 27.4 Å². The molecule has 1 fully saturated rings. The van der Waals surface area contributed by atoms with Crippen LogP contribution >= 0.6 is 0 Å². The Morgan fingerprint density at radius 2 is 1.92 bits per heavy atom. The number of aromatic nitrogens is 2. The predicted octanol–water partition coefficient (Wildman–Crippen LogP) is 4.14. The highest BCUT2D eigenvalue weighted by Crippen LogP contribution is 2.44. The second-order valence-corrected chi connectivity index (χ2v) is 6.27. The molecular formula is C20H19N3O. The van der Waals surface area contributed by atoms with Crippen LogP contribution in [0.1, 0.15) is 24.8 Å². The molecule has 0 unspecified atom stereocenters. The van der Waals surface area contributed by atoms with Gasteiger partial charge < -0.3 is 10.3 Å². The van der Waals surface area contributed by atoms with Gasteiger partial charge in [-0.15, -0.1) is 0 Å². The maximum absolute atomic E-state index is 13.0. The van der Waals surface area contributed by atoms with E-state index in [1.54, 1.807) is 12.4 Å². The lowest BCUT2D eigenvalue weighted by Crippen LogP contribution is -2.45. The Labute approximate surface area is 141 Å². The van der Waals surface area contributed by atoms with Crippen molar-refractivity contribution in [3.8, 4) is 11.4 Å². The van der Waals surface area contributed by atoms with Gasteiger partial charge in [-0.3, -0.25) is 4.79 Å². The van der Waals surface area contributed by atoms with Crippen LogP contribution in [0.5, 0.6) is 0 Å². The Kier molecular flexibility index (Phi) is 3.65. The number of H-pyrrole nitrogens is 1. The lowest BCUT2D eigenvalue weighted by Gasteiger charge is -2.40. The van der Waals surface area contributed by atoms with Crippen LogP contribution < -0.4 is 5.32 Å². The normalized spacial score (nSPS) is 15.5. The van der Waals surface area contributed by atoms with E-state index in [9.17, 15) is 4.79 Å². The average molecular weight is 317 g/mol. The molecule has 4 nitrogen and oxygen atoms in total. The van der Waals surface area contributed by atoms with Gasteiger partial charge in [-0.05, 0) is 30.5 Å². The molecule has 1 aliphatic carbocycles. The lowest BCUT2D eigenvalue weighted by atomic mass is 9.64. The fraction of sp³-hybridized carbons (Fsp3) is 0.200. The lowest BCUT2D eigenvalue weighted by molar-refractivity contribution is -0.124. The van der Waals surface area contributed by atoms with Crippen molar-refractivity contribution in [1.82, 2.24) is 9.97 Å². The molecule has 0 radical (unpaired) electrons. The van der Waals surface area contributed by atoms with Crippen LogP contribution in [0, 0.1) is 0 Å². The molecule has 0 spiro atoms. The largest absolute Gasteiger partial charge is 0.345 e. The van der Waals surface area contributed by atoms with E-state index in [0.29, 0.717) is 0 Å². The first kappa shape index (κ1) is 14.7. The number of hydrogen-bond donors (Lipinski definition) is 2. The average Bonchev–Trinajstić information content (AvgIpc) is 3.10. The summed E-state index contributed by atoms with van der Waals surface area (Å²) >= 11 is 0. The fourth-order valence-electron chi connectivity index (χ4n) is 3.35. The van der Waals surface area contributed by atoms with Gasteiger partial charge in [0.2, 0.25) is 5.91 Å². The number of nitrogens with one attached hydrogen (secondary N) is 2. The topological polar surface area (TPSA) is 57.8 Å². The number of amides is 1. The number of anilines is 1. The third kappa shape index (κ3) is 2.50. The Morgan fingerprint density at radius 3 is 2.58 bits per heavy atom. The smallest absolute Gasteiger partial charge is 0.235 e. The Hall–Kier alpha value is -2.88. The number of rotatable bonds is 4. The van der Waals surface area contributed by atoms with Gasteiger partial charge in [-0.1, -0.05) is 48.9 Å². The molecular weight excluding hydrogens is 298 g/mol. The third-order valence-electron chi connectivity index (χ3n) is 4.86. The van der Waals surface area contributed by atoms with E-state index < -0.39 is 0 Å². The summed E-state index contributed by atoms with van der Waals surface area (Å²) in [6, 6.07) is 17.9. The molecule has 1 heterocycles. The van der Waals surface area contributed by atoms with Crippen molar-refractivity contribution < 1.29 is 4.79 Å². The maximum Gasteiger partial charge on any atom is 0.235 e. The molecule has 3 aromatic rings. The molecule has 1 aliphatic rings. The molecule has 4 heteroatoms. The predicted molar refractivity (Wildman–Crippen MR) is 94.6 cm³/mol. The zero-order chi connectivity index (χ0) is 16.4. The Morgan fingerprint density at radius 1 is 1.08 bits per heavy atom. The molecule has 24 heavy (non-hydrogen) atoms. The van der Waals surface area contributed by atoms with Gasteiger partial charge in [0.05, 0.1) is 5.41 Å². The van der Waals surface area contributed by atoms with Crippen LogP contribution in [-0.2, 0) is 10.2 Å². The van der Waals surface area contributed by atoms with Crippen molar-refractivity contribution in [2.24, 2.45) is 0 Å². The van der Waals surface area contributed by atoms with Gasteiger partial charge in [0, 0.05) is 23.6 Å². The third-order valence-corrected chi connectivity index (χ3v) is 4.86. The molecule has 0 atom stereocenters. The minimum atomic E-state index is -0.387. The van der Waals surface area contributed by atoms with E-state index in [0.717, 1.165) is 41.9 Å². The van der Waals surface area contributed by atoms with Crippen LogP contribution in [0.15, 0.2) is 67.0 Å². The highest BCUT2D eigenvalue weighted by atomic mass is 16.2. The van der Waals surface area contributed by atoms with Crippen molar-refractivity contribution in [2.45, 2.75) is 24.7 Å². The number of aromatic amines is 1. The monoisotopic (exact) mass is 317 g/mol. The summed E-state index contributed by atoms with van der Waals surface area (Å²) in [5, 5.41) is 3.10. The first-order chi connectivity index (χ1) is 11.8.